The highest BCUT2D eigenvalue weighted by Crippen LogP contribution is 1.94. The van der Waals surface area contributed by atoms with E-state index in [4.69, 9.17) is 9.47 Å². The number of methoxy groups -OCH3 is 1. The van der Waals surface area contributed by atoms with Gasteiger partial charge in [0.2, 0.25) is 0 Å². The zero-order valence-corrected chi connectivity index (χ0v) is 10.1. The van der Waals surface area contributed by atoms with Gasteiger partial charge in [-0.05, 0) is 12.8 Å². The largest absolute Gasteiger partial charge is 0.382 e. The van der Waals surface area contributed by atoms with Crippen LogP contribution in [0.1, 0.15) is 23.2 Å². The van der Waals surface area contributed by atoms with Gasteiger partial charge in [-0.3, -0.25) is 9.89 Å². The molecule has 1 heterocycles. The predicted molar refractivity (Wildman–Crippen MR) is 62.8 cm³/mol. The molecule has 0 aliphatic heterocycles. The van der Waals surface area contributed by atoms with Crippen LogP contribution in [0, 0.1) is 0 Å². The molecule has 1 aromatic heterocycles. The molecule has 0 unspecified atom stereocenters. The molecule has 0 saturated carbocycles. The molecule has 0 spiro atoms. The molecule has 2 N–H and O–H groups in total. The van der Waals surface area contributed by atoms with Gasteiger partial charge in [0.25, 0.3) is 5.91 Å². The lowest BCUT2D eigenvalue weighted by Gasteiger charge is -2.04. The van der Waals surface area contributed by atoms with Crippen LogP contribution in [0.25, 0.3) is 0 Å². The smallest absolute Gasteiger partial charge is 0.254 e. The van der Waals surface area contributed by atoms with Gasteiger partial charge in [-0.1, -0.05) is 0 Å². The second-order valence-electron chi connectivity index (χ2n) is 3.56. The third-order valence-corrected chi connectivity index (χ3v) is 2.19. The average Bonchev–Trinajstić information content (AvgIpc) is 2.86. The van der Waals surface area contributed by atoms with E-state index in [-0.39, 0.29) is 5.91 Å². The molecule has 6 nitrogen and oxygen atoms in total. The molecule has 0 bridgehead atoms. The van der Waals surface area contributed by atoms with E-state index in [2.05, 4.69) is 15.5 Å². The molecule has 1 amide bonds. The van der Waals surface area contributed by atoms with Crippen LogP contribution in [0.4, 0.5) is 0 Å². The molecule has 17 heavy (non-hydrogen) atoms. The van der Waals surface area contributed by atoms with Gasteiger partial charge >= 0.3 is 0 Å². The number of amides is 1. The van der Waals surface area contributed by atoms with E-state index in [0.29, 0.717) is 31.9 Å². The first-order valence-electron chi connectivity index (χ1n) is 5.68. The Morgan fingerprint density at radius 2 is 2.29 bits per heavy atom. The van der Waals surface area contributed by atoms with Crippen molar-refractivity contribution in [2.75, 3.05) is 33.5 Å². The van der Waals surface area contributed by atoms with Crippen LogP contribution >= 0.6 is 0 Å². The summed E-state index contributed by atoms with van der Waals surface area (Å²) in [6.45, 7) is 2.59. The Morgan fingerprint density at radius 1 is 1.41 bits per heavy atom. The minimum absolute atomic E-state index is 0.0981. The Morgan fingerprint density at radius 3 is 3.00 bits per heavy atom. The van der Waals surface area contributed by atoms with Gasteiger partial charge in [-0.2, -0.15) is 5.10 Å². The van der Waals surface area contributed by atoms with E-state index in [9.17, 15) is 4.79 Å². The molecule has 0 atom stereocenters. The molecule has 96 valence electrons. The highest BCUT2D eigenvalue weighted by Gasteiger charge is 2.04. The summed E-state index contributed by atoms with van der Waals surface area (Å²) in [5.41, 5.74) is 0.557. The van der Waals surface area contributed by atoms with Gasteiger partial charge in [0.05, 0.1) is 25.0 Å². The third-order valence-electron chi connectivity index (χ3n) is 2.19. The van der Waals surface area contributed by atoms with Gasteiger partial charge in [0, 0.05) is 26.5 Å². The van der Waals surface area contributed by atoms with Crippen molar-refractivity contribution in [3.8, 4) is 0 Å². The molecule has 0 radical (unpaired) electrons. The first-order chi connectivity index (χ1) is 8.34. The highest BCUT2D eigenvalue weighted by atomic mass is 16.5. The van der Waals surface area contributed by atoms with E-state index in [0.717, 1.165) is 12.8 Å². The van der Waals surface area contributed by atoms with Crippen molar-refractivity contribution in [2.24, 2.45) is 0 Å². The van der Waals surface area contributed by atoms with Gasteiger partial charge in [0.1, 0.15) is 0 Å². The van der Waals surface area contributed by atoms with Crippen molar-refractivity contribution in [1.82, 2.24) is 15.5 Å². The van der Waals surface area contributed by atoms with E-state index >= 15 is 0 Å². The quantitative estimate of drug-likeness (QED) is 0.620. The third kappa shape index (κ3) is 6.03. The van der Waals surface area contributed by atoms with Crippen LogP contribution in [-0.4, -0.2) is 49.6 Å². The number of carbonyl (C=O) groups is 1. The Balaban J connectivity index is 1.92. The van der Waals surface area contributed by atoms with Crippen LogP contribution in [0.3, 0.4) is 0 Å². The highest BCUT2D eigenvalue weighted by molar-refractivity contribution is 5.93. The summed E-state index contributed by atoms with van der Waals surface area (Å²) in [6.07, 6.45) is 4.90. The van der Waals surface area contributed by atoms with Crippen molar-refractivity contribution in [3.63, 3.8) is 0 Å². The molecule has 0 fully saturated rings. The maximum absolute atomic E-state index is 11.5. The summed E-state index contributed by atoms with van der Waals surface area (Å²) in [5.74, 6) is -0.0981. The monoisotopic (exact) mass is 241 g/mol. The summed E-state index contributed by atoms with van der Waals surface area (Å²) in [7, 11) is 1.65. The Kier molecular flexibility index (Phi) is 7.01. The first kappa shape index (κ1) is 13.7. The van der Waals surface area contributed by atoms with Gasteiger partial charge in [0.15, 0.2) is 0 Å². The van der Waals surface area contributed by atoms with Crippen molar-refractivity contribution in [1.29, 1.82) is 0 Å². The topological polar surface area (TPSA) is 76.2 Å². The number of aromatic amines is 1. The summed E-state index contributed by atoms with van der Waals surface area (Å²) in [4.78, 5) is 11.5. The fourth-order valence-corrected chi connectivity index (χ4v) is 1.25. The maximum Gasteiger partial charge on any atom is 0.254 e. The van der Waals surface area contributed by atoms with Crippen molar-refractivity contribution < 1.29 is 14.3 Å². The van der Waals surface area contributed by atoms with E-state index in [1.54, 1.807) is 13.3 Å². The van der Waals surface area contributed by atoms with Gasteiger partial charge in [-0.15, -0.1) is 0 Å². The minimum atomic E-state index is -0.0981. The Bertz CT molecular complexity index is 301. The predicted octanol–water partition coefficient (Wildman–Crippen LogP) is 0.583. The van der Waals surface area contributed by atoms with Crippen LogP contribution in [0.2, 0.25) is 0 Å². The van der Waals surface area contributed by atoms with Gasteiger partial charge in [-0.25, -0.2) is 0 Å². The summed E-state index contributed by atoms with van der Waals surface area (Å²) >= 11 is 0. The number of nitrogens with one attached hydrogen (secondary N) is 2. The molecule has 1 aromatic rings. The lowest BCUT2D eigenvalue weighted by Crippen LogP contribution is -2.24. The number of carbonyl (C=O) groups excluding carboxylic acids is 1. The maximum atomic E-state index is 11.5. The zero-order valence-electron chi connectivity index (χ0n) is 10.1. The number of H-pyrrole nitrogens is 1. The normalized spacial score (nSPS) is 10.4. The second-order valence-corrected chi connectivity index (χ2v) is 3.56. The van der Waals surface area contributed by atoms with Crippen LogP contribution < -0.4 is 5.32 Å². The lowest BCUT2D eigenvalue weighted by atomic mass is 10.3. The molecule has 0 aromatic carbocycles. The van der Waals surface area contributed by atoms with Gasteiger partial charge < -0.3 is 14.8 Å². The fourth-order valence-electron chi connectivity index (χ4n) is 1.25. The number of rotatable bonds is 9. The molecular weight excluding hydrogens is 222 g/mol. The molecule has 0 aliphatic carbocycles. The van der Waals surface area contributed by atoms with E-state index in [1.165, 1.54) is 6.20 Å². The van der Waals surface area contributed by atoms with E-state index < -0.39 is 0 Å². The second kappa shape index (κ2) is 8.72. The van der Waals surface area contributed by atoms with Crippen LogP contribution in [0.15, 0.2) is 12.4 Å². The average molecular weight is 241 g/mol. The summed E-state index contributed by atoms with van der Waals surface area (Å²) < 4.78 is 10.2. The number of unbranched alkanes of at least 4 members (excludes halogenated alkanes) is 1. The number of hydrogen-bond acceptors (Lipinski definition) is 4. The summed E-state index contributed by atoms with van der Waals surface area (Å²) in [6, 6.07) is 0. The lowest BCUT2D eigenvalue weighted by molar-refractivity contribution is 0.0686. The first-order valence-corrected chi connectivity index (χ1v) is 5.68. The van der Waals surface area contributed by atoms with Crippen molar-refractivity contribution in [3.05, 3.63) is 18.0 Å². The minimum Gasteiger partial charge on any atom is -0.382 e. The fraction of sp³-hybridized carbons (Fsp3) is 0.636. The summed E-state index contributed by atoms with van der Waals surface area (Å²) in [5, 5.41) is 9.12. The van der Waals surface area contributed by atoms with Crippen LogP contribution in [-0.2, 0) is 9.47 Å². The molecule has 1 rings (SSSR count). The number of ether oxygens (including phenoxy) is 2. The number of nitrogens with zero attached hydrogens (tertiary/aromatic N) is 1. The number of hydrogen-bond donors (Lipinski definition) is 2. The van der Waals surface area contributed by atoms with Crippen molar-refractivity contribution >= 4 is 5.91 Å². The molecule has 0 aliphatic rings. The van der Waals surface area contributed by atoms with Crippen molar-refractivity contribution in [2.45, 2.75) is 12.8 Å². The molecule has 6 heteroatoms. The molecular formula is C11H19N3O3. The zero-order chi connectivity index (χ0) is 12.3. The van der Waals surface area contributed by atoms with E-state index in [1.807, 2.05) is 0 Å². The standard InChI is InChI=1S/C11H19N3O3/c1-16-6-7-17-5-3-2-4-12-11(15)10-8-13-14-9-10/h8-9H,2-7H2,1H3,(H,12,15)(H,13,14). The van der Waals surface area contributed by atoms with Crippen LogP contribution in [0.5, 0.6) is 0 Å². The number of aromatic nitrogens is 2. The molecule has 0 saturated heterocycles. The Hall–Kier alpha value is -1.40. The Labute approximate surface area is 101 Å². The SMILES string of the molecule is COCCOCCCCNC(=O)c1cn[nH]c1.